The lowest BCUT2D eigenvalue weighted by Gasteiger charge is -2.15. The summed E-state index contributed by atoms with van der Waals surface area (Å²) in [5.41, 5.74) is 5.63. The van der Waals surface area contributed by atoms with E-state index >= 15 is 0 Å². The number of rotatable bonds is 6. The topological polar surface area (TPSA) is 84.6 Å². The molecule has 0 aliphatic heterocycles. The zero-order valence-corrected chi connectivity index (χ0v) is 10.1. The molecule has 0 fully saturated rings. The summed E-state index contributed by atoms with van der Waals surface area (Å²) < 4.78 is 18.1. The van der Waals surface area contributed by atoms with Gasteiger partial charge in [-0.15, -0.1) is 0 Å². The summed E-state index contributed by atoms with van der Waals surface area (Å²) >= 11 is 0. The summed E-state index contributed by atoms with van der Waals surface area (Å²) in [7, 11) is 1.43. The van der Waals surface area contributed by atoms with Gasteiger partial charge in [-0.3, -0.25) is 4.79 Å². The van der Waals surface area contributed by atoms with Crippen molar-refractivity contribution in [3.05, 3.63) is 35.6 Å². The lowest BCUT2D eigenvalue weighted by Crippen LogP contribution is -2.44. The first-order valence-corrected chi connectivity index (χ1v) is 5.51. The van der Waals surface area contributed by atoms with Crippen molar-refractivity contribution in [2.45, 2.75) is 12.1 Å². The zero-order valence-electron chi connectivity index (χ0n) is 10.1. The maximum atomic E-state index is 13.3. The van der Waals surface area contributed by atoms with Gasteiger partial charge >= 0.3 is 0 Å². The van der Waals surface area contributed by atoms with E-state index in [1.165, 1.54) is 25.3 Å². The maximum absolute atomic E-state index is 13.3. The number of carbonyl (C=O) groups excluding carboxylic acids is 1. The van der Waals surface area contributed by atoms with Crippen LogP contribution in [0, 0.1) is 5.82 Å². The van der Waals surface area contributed by atoms with Crippen LogP contribution in [0.2, 0.25) is 0 Å². The highest BCUT2D eigenvalue weighted by molar-refractivity contribution is 5.81. The van der Waals surface area contributed by atoms with Gasteiger partial charge in [0.15, 0.2) is 0 Å². The Bertz CT molecular complexity index is 401. The normalized spacial score (nSPS) is 14.0. The van der Waals surface area contributed by atoms with E-state index < -0.39 is 23.9 Å². The molecule has 1 aromatic rings. The predicted molar refractivity (Wildman–Crippen MR) is 64.2 cm³/mol. The van der Waals surface area contributed by atoms with Gasteiger partial charge in [0, 0.05) is 19.2 Å². The third kappa shape index (κ3) is 4.06. The molecular formula is C12H17FN2O3. The molecule has 0 heterocycles. The maximum Gasteiger partial charge on any atom is 0.239 e. The van der Waals surface area contributed by atoms with E-state index in [1.54, 1.807) is 6.07 Å². The van der Waals surface area contributed by atoms with Crippen LogP contribution in [0.25, 0.3) is 0 Å². The fraction of sp³-hybridized carbons (Fsp3) is 0.417. The number of nitrogens with two attached hydrogens (primary N) is 1. The van der Waals surface area contributed by atoms with Gasteiger partial charge < -0.3 is 20.9 Å². The number of methoxy groups -OCH3 is 1. The Morgan fingerprint density at radius 2 is 2.22 bits per heavy atom. The monoisotopic (exact) mass is 256 g/mol. The van der Waals surface area contributed by atoms with Crippen LogP contribution >= 0.6 is 0 Å². The van der Waals surface area contributed by atoms with E-state index in [0.29, 0.717) is 0 Å². The molecule has 0 saturated heterocycles. The first kappa shape index (κ1) is 14.6. The largest absolute Gasteiger partial charge is 0.386 e. The SMILES string of the molecule is COCC(N)C(=O)NCC(O)c1ccccc1F. The van der Waals surface area contributed by atoms with Crippen LogP contribution in [-0.4, -0.2) is 37.3 Å². The number of carbonyl (C=O) groups is 1. The van der Waals surface area contributed by atoms with E-state index in [4.69, 9.17) is 10.5 Å². The van der Waals surface area contributed by atoms with Gasteiger partial charge in [0.1, 0.15) is 11.9 Å². The average Bonchev–Trinajstić information content (AvgIpc) is 2.36. The lowest BCUT2D eigenvalue weighted by molar-refractivity contribution is -0.123. The summed E-state index contributed by atoms with van der Waals surface area (Å²) in [5, 5.41) is 12.2. The minimum absolute atomic E-state index is 0.0849. The van der Waals surface area contributed by atoms with Crippen molar-refractivity contribution in [2.75, 3.05) is 20.3 Å². The number of hydrogen-bond donors (Lipinski definition) is 3. The summed E-state index contributed by atoms with van der Waals surface area (Å²) in [4.78, 5) is 11.4. The molecule has 0 aliphatic rings. The van der Waals surface area contributed by atoms with Crippen molar-refractivity contribution in [1.82, 2.24) is 5.32 Å². The highest BCUT2D eigenvalue weighted by Crippen LogP contribution is 2.15. The Balaban J connectivity index is 2.49. The molecule has 1 amide bonds. The predicted octanol–water partition coefficient (Wildman–Crippen LogP) is -0.0510. The molecule has 1 aromatic carbocycles. The Kier molecular flexibility index (Phi) is 5.70. The van der Waals surface area contributed by atoms with E-state index in [-0.39, 0.29) is 18.7 Å². The number of hydrogen-bond acceptors (Lipinski definition) is 4. The summed E-state index contributed by atoms with van der Waals surface area (Å²) in [5.74, 6) is -0.965. The Labute approximate surface area is 105 Å². The molecular weight excluding hydrogens is 239 g/mol. The standard InChI is InChI=1S/C12H17FN2O3/c1-18-7-10(14)12(17)15-6-11(16)8-4-2-3-5-9(8)13/h2-5,10-11,16H,6-7,14H2,1H3,(H,15,17). The molecule has 0 radical (unpaired) electrons. The fourth-order valence-electron chi connectivity index (χ4n) is 1.44. The van der Waals surface area contributed by atoms with Crippen LogP contribution < -0.4 is 11.1 Å². The number of benzene rings is 1. The van der Waals surface area contributed by atoms with Crippen LogP contribution in [0.1, 0.15) is 11.7 Å². The van der Waals surface area contributed by atoms with Crippen molar-refractivity contribution in [1.29, 1.82) is 0 Å². The molecule has 5 nitrogen and oxygen atoms in total. The molecule has 4 N–H and O–H groups in total. The Morgan fingerprint density at radius 3 is 2.83 bits per heavy atom. The quantitative estimate of drug-likeness (QED) is 0.666. The van der Waals surface area contributed by atoms with Gasteiger partial charge in [0.2, 0.25) is 5.91 Å². The first-order chi connectivity index (χ1) is 8.56. The molecule has 0 spiro atoms. The van der Waals surface area contributed by atoms with Crippen LogP contribution in [0.3, 0.4) is 0 Å². The zero-order chi connectivity index (χ0) is 13.5. The van der Waals surface area contributed by atoms with Crippen LogP contribution in [0.4, 0.5) is 4.39 Å². The molecule has 0 bridgehead atoms. The Morgan fingerprint density at radius 1 is 1.56 bits per heavy atom. The number of aliphatic hydroxyl groups is 1. The minimum Gasteiger partial charge on any atom is -0.386 e. The number of ether oxygens (including phenoxy) is 1. The van der Waals surface area contributed by atoms with E-state index in [2.05, 4.69) is 5.32 Å². The number of halogens is 1. The number of aliphatic hydroxyl groups excluding tert-OH is 1. The van der Waals surface area contributed by atoms with Gasteiger partial charge in [-0.1, -0.05) is 18.2 Å². The Hall–Kier alpha value is -1.50. The summed E-state index contributed by atoms with van der Waals surface area (Å²) in [6.45, 7) is -0.0151. The first-order valence-electron chi connectivity index (χ1n) is 5.51. The van der Waals surface area contributed by atoms with E-state index in [9.17, 15) is 14.3 Å². The van der Waals surface area contributed by atoms with Crippen LogP contribution in [-0.2, 0) is 9.53 Å². The molecule has 0 aromatic heterocycles. The third-order valence-electron chi connectivity index (χ3n) is 2.42. The van der Waals surface area contributed by atoms with Crippen molar-refractivity contribution in [3.63, 3.8) is 0 Å². The smallest absolute Gasteiger partial charge is 0.239 e. The minimum atomic E-state index is -1.11. The van der Waals surface area contributed by atoms with E-state index in [0.717, 1.165) is 0 Å². The van der Waals surface area contributed by atoms with Gasteiger partial charge in [0.05, 0.1) is 12.7 Å². The summed E-state index contributed by atoms with van der Waals surface area (Å²) in [6, 6.07) is 5.04. The molecule has 100 valence electrons. The van der Waals surface area contributed by atoms with Gasteiger partial charge in [-0.25, -0.2) is 4.39 Å². The number of nitrogens with one attached hydrogen (secondary N) is 1. The molecule has 1 rings (SSSR count). The summed E-state index contributed by atoms with van der Waals surface area (Å²) in [6.07, 6.45) is -1.11. The lowest BCUT2D eigenvalue weighted by atomic mass is 10.1. The molecule has 0 aliphatic carbocycles. The second-order valence-electron chi connectivity index (χ2n) is 3.84. The second kappa shape index (κ2) is 7.05. The van der Waals surface area contributed by atoms with Gasteiger partial charge in [0.25, 0.3) is 0 Å². The molecule has 18 heavy (non-hydrogen) atoms. The second-order valence-corrected chi connectivity index (χ2v) is 3.84. The van der Waals surface area contributed by atoms with Crippen LogP contribution in [0.15, 0.2) is 24.3 Å². The molecule has 2 unspecified atom stereocenters. The highest BCUT2D eigenvalue weighted by atomic mass is 19.1. The molecule has 2 atom stereocenters. The average molecular weight is 256 g/mol. The van der Waals surface area contributed by atoms with Gasteiger partial charge in [-0.05, 0) is 6.07 Å². The highest BCUT2D eigenvalue weighted by Gasteiger charge is 2.16. The van der Waals surface area contributed by atoms with E-state index in [1.807, 2.05) is 0 Å². The van der Waals surface area contributed by atoms with Crippen LogP contribution in [0.5, 0.6) is 0 Å². The van der Waals surface area contributed by atoms with Gasteiger partial charge in [-0.2, -0.15) is 0 Å². The molecule has 6 heteroatoms. The van der Waals surface area contributed by atoms with Crippen molar-refractivity contribution >= 4 is 5.91 Å². The molecule has 0 saturated carbocycles. The number of amides is 1. The van der Waals surface area contributed by atoms with Crippen molar-refractivity contribution < 1.29 is 19.0 Å². The third-order valence-corrected chi connectivity index (χ3v) is 2.42. The van der Waals surface area contributed by atoms with Crippen molar-refractivity contribution in [2.24, 2.45) is 5.73 Å². The fourth-order valence-corrected chi connectivity index (χ4v) is 1.44. The van der Waals surface area contributed by atoms with Crippen molar-refractivity contribution in [3.8, 4) is 0 Å².